The van der Waals surface area contributed by atoms with Gasteiger partial charge in [0.25, 0.3) is 0 Å². The molecule has 0 aliphatic carbocycles. The Morgan fingerprint density at radius 1 is 1.04 bits per heavy atom. The Morgan fingerprint density at radius 3 is 2.35 bits per heavy atom. The standard InChI is InChI=1S/C21H28N2O3/c1-6-26-18-8-7-17(13-19(18)25-5)9-10-22-21(24)23-20-15(3)11-14(2)12-16(20)4/h7-8,11-13H,6,9-10H2,1-5H3,(H2,22,23,24). The molecular formula is C21H28N2O3. The van der Waals surface area contributed by atoms with E-state index in [1.54, 1.807) is 7.11 Å². The van der Waals surface area contributed by atoms with Gasteiger partial charge in [0.05, 0.1) is 13.7 Å². The maximum atomic E-state index is 12.2. The molecule has 140 valence electrons. The van der Waals surface area contributed by atoms with Gasteiger partial charge < -0.3 is 20.1 Å². The summed E-state index contributed by atoms with van der Waals surface area (Å²) in [5.41, 5.74) is 5.27. The van der Waals surface area contributed by atoms with Crippen molar-refractivity contribution < 1.29 is 14.3 Å². The number of nitrogens with one attached hydrogen (secondary N) is 2. The van der Waals surface area contributed by atoms with Crippen molar-refractivity contribution in [3.05, 3.63) is 52.6 Å². The quantitative estimate of drug-likeness (QED) is 0.774. The van der Waals surface area contributed by atoms with Crippen molar-refractivity contribution in [1.29, 1.82) is 0 Å². The fraction of sp³-hybridized carbons (Fsp3) is 0.381. The zero-order valence-electron chi connectivity index (χ0n) is 16.2. The Kier molecular flexibility index (Phi) is 6.89. The predicted octanol–water partition coefficient (Wildman–Crippen LogP) is 4.38. The van der Waals surface area contributed by atoms with Crippen LogP contribution in [0, 0.1) is 20.8 Å². The maximum Gasteiger partial charge on any atom is 0.319 e. The van der Waals surface area contributed by atoms with Gasteiger partial charge in [0, 0.05) is 12.2 Å². The van der Waals surface area contributed by atoms with E-state index in [1.807, 2.05) is 39.0 Å². The monoisotopic (exact) mass is 356 g/mol. The van der Waals surface area contributed by atoms with Crippen LogP contribution in [0.2, 0.25) is 0 Å². The number of carbonyl (C=O) groups is 1. The lowest BCUT2D eigenvalue weighted by molar-refractivity contribution is 0.252. The first-order valence-corrected chi connectivity index (χ1v) is 8.87. The van der Waals surface area contributed by atoms with Crippen molar-refractivity contribution in [2.24, 2.45) is 0 Å². The summed E-state index contributed by atoms with van der Waals surface area (Å²) in [6.45, 7) is 9.12. The summed E-state index contributed by atoms with van der Waals surface area (Å²) in [7, 11) is 1.62. The first kappa shape index (κ1) is 19.6. The normalized spacial score (nSPS) is 10.3. The highest BCUT2D eigenvalue weighted by Gasteiger charge is 2.09. The minimum absolute atomic E-state index is 0.196. The van der Waals surface area contributed by atoms with Crippen LogP contribution >= 0.6 is 0 Å². The molecule has 0 aliphatic heterocycles. The Hall–Kier alpha value is -2.69. The van der Waals surface area contributed by atoms with E-state index in [1.165, 1.54) is 5.56 Å². The lowest BCUT2D eigenvalue weighted by Crippen LogP contribution is -2.31. The summed E-state index contributed by atoms with van der Waals surface area (Å²) in [5, 5.41) is 5.85. The van der Waals surface area contributed by atoms with E-state index in [4.69, 9.17) is 9.47 Å². The van der Waals surface area contributed by atoms with Crippen LogP contribution < -0.4 is 20.1 Å². The molecule has 0 saturated heterocycles. The van der Waals surface area contributed by atoms with Crippen LogP contribution in [0.1, 0.15) is 29.2 Å². The summed E-state index contributed by atoms with van der Waals surface area (Å²) in [5.74, 6) is 1.44. The number of methoxy groups -OCH3 is 1. The summed E-state index contributed by atoms with van der Waals surface area (Å²) >= 11 is 0. The molecule has 0 heterocycles. The van der Waals surface area contributed by atoms with Gasteiger partial charge >= 0.3 is 6.03 Å². The maximum absolute atomic E-state index is 12.2. The molecule has 2 aromatic rings. The van der Waals surface area contributed by atoms with Crippen molar-refractivity contribution >= 4 is 11.7 Å². The molecule has 0 radical (unpaired) electrons. The molecule has 26 heavy (non-hydrogen) atoms. The number of rotatable bonds is 7. The first-order valence-electron chi connectivity index (χ1n) is 8.87. The van der Waals surface area contributed by atoms with Gasteiger partial charge in [0.1, 0.15) is 0 Å². The topological polar surface area (TPSA) is 59.6 Å². The van der Waals surface area contributed by atoms with Crippen molar-refractivity contribution in [3.8, 4) is 11.5 Å². The molecule has 2 amide bonds. The number of ether oxygens (including phenoxy) is 2. The number of hydrogen-bond donors (Lipinski definition) is 2. The zero-order valence-corrected chi connectivity index (χ0v) is 16.2. The fourth-order valence-corrected chi connectivity index (χ4v) is 3.00. The summed E-state index contributed by atoms with van der Waals surface area (Å²) in [4.78, 5) is 12.2. The molecule has 5 heteroatoms. The molecule has 0 spiro atoms. The van der Waals surface area contributed by atoms with E-state index < -0.39 is 0 Å². The van der Waals surface area contributed by atoms with Gasteiger partial charge in [-0.2, -0.15) is 0 Å². The van der Waals surface area contributed by atoms with Crippen LogP contribution in [-0.4, -0.2) is 26.3 Å². The van der Waals surface area contributed by atoms with E-state index in [2.05, 4.69) is 29.7 Å². The van der Waals surface area contributed by atoms with Gasteiger partial charge in [-0.1, -0.05) is 23.8 Å². The number of anilines is 1. The third kappa shape index (κ3) is 5.15. The fourth-order valence-electron chi connectivity index (χ4n) is 3.00. The molecule has 0 unspecified atom stereocenters. The van der Waals surface area contributed by atoms with Crippen LogP contribution in [0.3, 0.4) is 0 Å². The molecular weight excluding hydrogens is 328 g/mol. The van der Waals surface area contributed by atoms with Crippen molar-refractivity contribution in [1.82, 2.24) is 5.32 Å². The van der Waals surface area contributed by atoms with Crippen LogP contribution in [0.15, 0.2) is 30.3 Å². The van der Waals surface area contributed by atoms with Crippen LogP contribution in [-0.2, 0) is 6.42 Å². The molecule has 0 aromatic heterocycles. The second-order valence-corrected chi connectivity index (χ2v) is 6.32. The Labute approximate surface area is 155 Å². The van der Waals surface area contributed by atoms with E-state index in [0.717, 1.165) is 28.1 Å². The summed E-state index contributed by atoms with van der Waals surface area (Å²) < 4.78 is 10.9. The van der Waals surface area contributed by atoms with Crippen LogP contribution in [0.5, 0.6) is 11.5 Å². The number of amides is 2. The van der Waals surface area contributed by atoms with Crippen molar-refractivity contribution in [2.45, 2.75) is 34.1 Å². The number of benzene rings is 2. The molecule has 0 bridgehead atoms. The average molecular weight is 356 g/mol. The van der Waals surface area contributed by atoms with E-state index >= 15 is 0 Å². The lowest BCUT2D eigenvalue weighted by atomic mass is 10.1. The van der Waals surface area contributed by atoms with Crippen LogP contribution in [0.25, 0.3) is 0 Å². The Morgan fingerprint density at radius 2 is 1.73 bits per heavy atom. The molecule has 0 fully saturated rings. The molecule has 2 rings (SSSR count). The number of hydrogen-bond acceptors (Lipinski definition) is 3. The number of urea groups is 1. The van der Waals surface area contributed by atoms with Gasteiger partial charge in [-0.3, -0.25) is 0 Å². The van der Waals surface area contributed by atoms with E-state index in [0.29, 0.717) is 25.3 Å². The van der Waals surface area contributed by atoms with E-state index in [-0.39, 0.29) is 6.03 Å². The smallest absolute Gasteiger partial charge is 0.319 e. The van der Waals surface area contributed by atoms with Gasteiger partial charge in [-0.25, -0.2) is 4.79 Å². The largest absolute Gasteiger partial charge is 0.493 e. The molecule has 0 aliphatic rings. The molecule has 0 saturated carbocycles. The summed E-state index contributed by atoms with van der Waals surface area (Å²) in [6.07, 6.45) is 0.710. The Bertz CT molecular complexity index is 749. The highest BCUT2D eigenvalue weighted by Crippen LogP contribution is 2.28. The van der Waals surface area contributed by atoms with Gasteiger partial charge in [0.2, 0.25) is 0 Å². The average Bonchev–Trinajstić information content (AvgIpc) is 2.59. The minimum atomic E-state index is -0.196. The molecule has 5 nitrogen and oxygen atoms in total. The summed E-state index contributed by atoms with van der Waals surface area (Å²) in [6, 6.07) is 9.76. The number of aryl methyl sites for hydroxylation is 3. The minimum Gasteiger partial charge on any atom is -0.493 e. The third-order valence-corrected chi connectivity index (χ3v) is 4.14. The Balaban J connectivity index is 1.91. The lowest BCUT2D eigenvalue weighted by Gasteiger charge is -2.14. The van der Waals surface area contributed by atoms with Gasteiger partial charge in [-0.05, 0) is 62.9 Å². The zero-order chi connectivity index (χ0) is 19.1. The molecule has 0 atom stereocenters. The second kappa shape index (κ2) is 9.13. The van der Waals surface area contributed by atoms with Crippen molar-refractivity contribution in [3.63, 3.8) is 0 Å². The predicted molar refractivity (Wildman–Crippen MR) is 106 cm³/mol. The van der Waals surface area contributed by atoms with E-state index in [9.17, 15) is 4.79 Å². The highest BCUT2D eigenvalue weighted by atomic mass is 16.5. The second-order valence-electron chi connectivity index (χ2n) is 6.32. The van der Waals surface area contributed by atoms with Crippen LogP contribution in [0.4, 0.5) is 10.5 Å². The van der Waals surface area contributed by atoms with Gasteiger partial charge in [0.15, 0.2) is 11.5 Å². The third-order valence-electron chi connectivity index (χ3n) is 4.14. The highest BCUT2D eigenvalue weighted by molar-refractivity contribution is 5.91. The molecule has 2 N–H and O–H groups in total. The number of carbonyl (C=O) groups excluding carboxylic acids is 1. The molecule has 2 aromatic carbocycles. The first-order chi connectivity index (χ1) is 12.4. The van der Waals surface area contributed by atoms with Crippen molar-refractivity contribution in [2.75, 3.05) is 25.6 Å². The SMILES string of the molecule is CCOc1ccc(CCNC(=O)Nc2c(C)cc(C)cc2C)cc1OC. The van der Waals surface area contributed by atoms with Gasteiger partial charge in [-0.15, -0.1) is 0 Å².